The first-order chi connectivity index (χ1) is 5.18. The van der Waals surface area contributed by atoms with E-state index in [1.165, 1.54) is 6.42 Å². The van der Waals surface area contributed by atoms with Gasteiger partial charge in [0.25, 0.3) is 0 Å². The van der Waals surface area contributed by atoms with E-state index in [0.29, 0.717) is 17.7 Å². The van der Waals surface area contributed by atoms with Gasteiger partial charge >= 0.3 is 0 Å². The molecule has 11 heavy (non-hydrogen) atoms. The molecule has 1 saturated carbocycles. The Morgan fingerprint density at radius 3 is 2.82 bits per heavy atom. The number of likely N-dealkylation sites (tertiary alicyclic amines) is 1. The van der Waals surface area contributed by atoms with Crippen molar-refractivity contribution in [2.75, 3.05) is 13.1 Å². The third-order valence-corrected chi connectivity index (χ3v) is 2.59. The Bertz CT molecular complexity index is 188. The lowest BCUT2D eigenvalue weighted by Gasteiger charge is -2.19. The Labute approximate surface area is 67.6 Å². The number of carbonyl (C=O) groups is 1. The van der Waals surface area contributed by atoms with Gasteiger partial charge in [0.1, 0.15) is 0 Å². The quantitative estimate of drug-likeness (QED) is 0.582. The highest BCUT2D eigenvalue weighted by Crippen LogP contribution is 2.45. The van der Waals surface area contributed by atoms with Gasteiger partial charge in [-0.1, -0.05) is 13.8 Å². The van der Waals surface area contributed by atoms with E-state index in [-0.39, 0.29) is 0 Å². The number of rotatable bonds is 2. The smallest absolute Gasteiger partial charge is 0.226 e. The Hall–Kier alpha value is -0.530. The van der Waals surface area contributed by atoms with Gasteiger partial charge in [-0.05, 0) is 18.3 Å². The zero-order chi connectivity index (χ0) is 8.01. The van der Waals surface area contributed by atoms with Crippen LogP contribution in [-0.4, -0.2) is 23.9 Å². The minimum Gasteiger partial charge on any atom is -0.342 e. The van der Waals surface area contributed by atoms with Gasteiger partial charge in [-0.2, -0.15) is 0 Å². The largest absolute Gasteiger partial charge is 0.342 e. The van der Waals surface area contributed by atoms with E-state index in [2.05, 4.69) is 13.8 Å². The molecule has 2 rings (SSSR count). The summed E-state index contributed by atoms with van der Waals surface area (Å²) in [5.41, 5.74) is 0. The number of fused-ring (bicyclic) bond motifs is 1. The first-order valence-electron chi connectivity index (χ1n) is 4.47. The van der Waals surface area contributed by atoms with E-state index in [0.717, 1.165) is 19.0 Å². The maximum atomic E-state index is 11.4. The molecule has 1 amide bonds. The summed E-state index contributed by atoms with van der Waals surface area (Å²) in [5, 5.41) is 0. The van der Waals surface area contributed by atoms with Gasteiger partial charge in [-0.15, -0.1) is 0 Å². The van der Waals surface area contributed by atoms with Gasteiger partial charge in [-0.3, -0.25) is 4.79 Å². The summed E-state index contributed by atoms with van der Waals surface area (Å²) < 4.78 is 0. The SMILES string of the molecule is CC(C)CN1CC2CC2C1=O. The van der Waals surface area contributed by atoms with Crippen molar-refractivity contribution in [1.29, 1.82) is 0 Å². The molecule has 2 heteroatoms. The van der Waals surface area contributed by atoms with Crippen molar-refractivity contribution < 1.29 is 4.79 Å². The molecule has 2 atom stereocenters. The van der Waals surface area contributed by atoms with Crippen LogP contribution in [0, 0.1) is 17.8 Å². The number of amides is 1. The van der Waals surface area contributed by atoms with Crippen LogP contribution in [0.25, 0.3) is 0 Å². The van der Waals surface area contributed by atoms with E-state index >= 15 is 0 Å². The molecule has 2 unspecified atom stereocenters. The Morgan fingerprint density at radius 1 is 1.64 bits per heavy atom. The molecule has 2 nitrogen and oxygen atoms in total. The van der Waals surface area contributed by atoms with E-state index in [1.54, 1.807) is 0 Å². The van der Waals surface area contributed by atoms with Crippen LogP contribution in [0.1, 0.15) is 20.3 Å². The molecule has 0 aromatic carbocycles. The lowest BCUT2D eigenvalue weighted by Crippen LogP contribution is -2.31. The highest BCUT2D eigenvalue weighted by molar-refractivity contribution is 5.84. The molecule has 0 bridgehead atoms. The predicted molar refractivity (Wildman–Crippen MR) is 43.0 cm³/mol. The molecular formula is C9H15NO. The van der Waals surface area contributed by atoms with Crippen LogP contribution in [-0.2, 0) is 4.79 Å². The molecule has 0 radical (unpaired) electrons. The predicted octanol–water partition coefficient (Wildman–Crippen LogP) is 1.12. The summed E-state index contributed by atoms with van der Waals surface area (Å²) in [5.74, 6) is 2.22. The lowest BCUT2D eigenvalue weighted by atomic mass is 10.2. The molecule has 0 N–H and O–H groups in total. The number of carbonyl (C=O) groups excluding carboxylic acids is 1. The second-order valence-corrected chi connectivity index (χ2v) is 4.24. The maximum absolute atomic E-state index is 11.4. The first-order valence-corrected chi connectivity index (χ1v) is 4.47. The average molecular weight is 153 g/mol. The number of piperidine rings is 1. The van der Waals surface area contributed by atoms with Crippen LogP contribution in [0.2, 0.25) is 0 Å². The van der Waals surface area contributed by atoms with Crippen LogP contribution in [0.5, 0.6) is 0 Å². The monoisotopic (exact) mass is 153 g/mol. The van der Waals surface area contributed by atoms with Crippen molar-refractivity contribution in [2.45, 2.75) is 20.3 Å². The molecule has 2 aliphatic rings. The van der Waals surface area contributed by atoms with Crippen molar-refractivity contribution in [2.24, 2.45) is 17.8 Å². The van der Waals surface area contributed by atoms with Gasteiger partial charge < -0.3 is 4.90 Å². The number of hydrogen-bond acceptors (Lipinski definition) is 1. The van der Waals surface area contributed by atoms with Crippen LogP contribution in [0.15, 0.2) is 0 Å². The van der Waals surface area contributed by atoms with Crippen LogP contribution >= 0.6 is 0 Å². The summed E-state index contributed by atoms with van der Waals surface area (Å²) in [7, 11) is 0. The molecule has 2 fully saturated rings. The fourth-order valence-electron chi connectivity index (χ4n) is 1.96. The lowest BCUT2D eigenvalue weighted by molar-refractivity contribution is -0.130. The number of nitrogens with zero attached hydrogens (tertiary/aromatic N) is 1. The second-order valence-electron chi connectivity index (χ2n) is 4.24. The molecule has 0 spiro atoms. The van der Waals surface area contributed by atoms with Crippen molar-refractivity contribution in [3.8, 4) is 0 Å². The van der Waals surface area contributed by atoms with Gasteiger partial charge in [0, 0.05) is 19.0 Å². The van der Waals surface area contributed by atoms with Crippen LogP contribution in [0.4, 0.5) is 0 Å². The minimum atomic E-state index is 0.420. The molecule has 1 aliphatic heterocycles. The molecule has 62 valence electrons. The zero-order valence-electron chi connectivity index (χ0n) is 7.21. The fourth-order valence-corrected chi connectivity index (χ4v) is 1.96. The van der Waals surface area contributed by atoms with Gasteiger partial charge in [0.05, 0.1) is 0 Å². The molecule has 1 saturated heterocycles. The van der Waals surface area contributed by atoms with Gasteiger partial charge in [0.2, 0.25) is 5.91 Å². The zero-order valence-corrected chi connectivity index (χ0v) is 7.21. The van der Waals surface area contributed by atoms with Crippen molar-refractivity contribution >= 4 is 5.91 Å². The highest BCUT2D eigenvalue weighted by Gasteiger charge is 2.51. The Morgan fingerprint density at radius 2 is 2.36 bits per heavy atom. The molecule has 0 aromatic heterocycles. The van der Waals surface area contributed by atoms with E-state index < -0.39 is 0 Å². The first kappa shape index (κ1) is 7.14. The molecular weight excluding hydrogens is 138 g/mol. The van der Waals surface area contributed by atoms with Crippen LogP contribution in [0.3, 0.4) is 0 Å². The third kappa shape index (κ3) is 1.15. The third-order valence-electron chi connectivity index (χ3n) is 2.59. The van der Waals surface area contributed by atoms with Gasteiger partial charge in [0.15, 0.2) is 0 Å². The molecule has 1 heterocycles. The molecule has 1 aliphatic carbocycles. The van der Waals surface area contributed by atoms with Crippen molar-refractivity contribution in [1.82, 2.24) is 4.90 Å². The van der Waals surface area contributed by atoms with Crippen molar-refractivity contribution in [3.05, 3.63) is 0 Å². The highest BCUT2D eigenvalue weighted by atomic mass is 16.2. The summed E-state index contributed by atoms with van der Waals surface area (Å²) in [6.07, 6.45) is 1.17. The maximum Gasteiger partial charge on any atom is 0.226 e. The topological polar surface area (TPSA) is 20.3 Å². The Balaban J connectivity index is 1.92. The normalized spacial score (nSPS) is 34.8. The average Bonchev–Trinajstić information content (AvgIpc) is 2.58. The second kappa shape index (κ2) is 2.23. The Kier molecular flexibility index (Phi) is 1.44. The summed E-state index contributed by atoms with van der Waals surface area (Å²) in [6.45, 7) is 6.34. The fraction of sp³-hybridized carbons (Fsp3) is 0.889. The van der Waals surface area contributed by atoms with E-state index in [4.69, 9.17) is 0 Å². The summed E-state index contributed by atoms with van der Waals surface area (Å²) >= 11 is 0. The van der Waals surface area contributed by atoms with Crippen LogP contribution < -0.4 is 0 Å². The van der Waals surface area contributed by atoms with Gasteiger partial charge in [-0.25, -0.2) is 0 Å². The summed E-state index contributed by atoms with van der Waals surface area (Å²) in [4.78, 5) is 13.4. The van der Waals surface area contributed by atoms with Crippen molar-refractivity contribution in [3.63, 3.8) is 0 Å². The summed E-state index contributed by atoms with van der Waals surface area (Å²) in [6, 6.07) is 0. The standard InChI is InChI=1S/C9H15NO/c1-6(2)4-10-5-7-3-8(7)9(10)11/h6-8H,3-5H2,1-2H3. The van der Waals surface area contributed by atoms with E-state index in [1.807, 2.05) is 4.90 Å². The molecule has 0 aromatic rings. The minimum absolute atomic E-state index is 0.420. The van der Waals surface area contributed by atoms with E-state index in [9.17, 15) is 4.79 Å². The number of hydrogen-bond donors (Lipinski definition) is 0.